The highest BCUT2D eigenvalue weighted by Crippen LogP contribution is 2.29. The van der Waals surface area contributed by atoms with Gasteiger partial charge in [-0.05, 0) is 31.6 Å². The monoisotopic (exact) mass is 241 g/mol. The normalized spacial score (nSPS) is 33.2. The first-order valence-corrected chi connectivity index (χ1v) is 7.16. The van der Waals surface area contributed by atoms with Crippen molar-refractivity contribution >= 4 is 0 Å². The molecule has 2 N–H and O–H groups in total. The van der Waals surface area contributed by atoms with Crippen LogP contribution in [0.15, 0.2) is 0 Å². The van der Waals surface area contributed by atoms with Crippen LogP contribution in [0.3, 0.4) is 0 Å². The van der Waals surface area contributed by atoms with Crippen molar-refractivity contribution in [1.82, 2.24) is 5.32 Å². The van der Waals surface area contributed by atoms with Crippen LogP contribution in [0, 0.1) is 5.92 Å². The molecule has 1 aliphatic carbocycles. The van der Waals surface area contributed by atoms with Crippen LogP contribution in [0.25, 0.3) is 0 Å². The van der Waals surface area contributed by atoms with Crippen molar-refractivity contribution < 1.29 is 9.84 Å². The molecular weight excluding hydrogens is 214 g/mol. The average molecular weight is 241 g/mol. The summed E-state index contributed by atoms with van der Waals surface area (Å²) in [5.74, 6) is 0.592. The number of aliphatic hydroxyl groups is 1. The number of hydrogen-bond donors (Lipinski definition) is 2. The van der Waals surface area contributed by atoms with Gasteiger partial charge in [-0.25, -0.2) is 0 Å². The van der Waals surface area contributed by atoms with Crippen molar-refractivity contribution in [2.45, 2.75) is 70.1 Å². The Kier molecular flexibility index (Phi) is 4.45. The molecule has 0 aromatic rings. The second-order valence-electron chi connectivity index (χ2n) is 6.19. The molecule has 2 fully saturated rings. The standard InChI is InChI=1S/C14H27NO2/c1-11(2)13-9-12(5-8-17-13)15-10-14(16)6-3-4-7-14/h11-13,15-16H,3-10H2,1-2H3. The quantitative estimate of drug-likeness (QED) is 0.792. The minimum absolute atomic E-state index is 0.388. The molecule has 3 heteroatoms. The second kappa shape index (κ2) is 5.68. The molecule has 0 radical (unpaired) electrons. The Balaban J connectivity index is 1.75. The fraction of sp³-hybridized carbons (Fsp3) is 1.00. The molecule has 1 aliphatic heterocycles. The highest BCUT2D eigenvalue weighted by atomic mass is 16.5. The lowest BCUT2D eigenvalue weighted by Crippen LogP contribution is -2.47. The molecule has 1 saturated carbocycles. The summed E-state index contributed by atoms with van der Waals surface area (Å²) >= 11 is 0. The minimum Gasteiger partial charge on any atom is -0.389 e. The van der Waals surface area contributed by atoms with E-state index in [4.69, 9.17) is 4.74 Å². The predicted molar refractivity (Wildman–Crippen MR) is 69.0 cm³/mol. The first-order chi connectivity index (χ1) is 8.09. The van der Waals surface area contributed by atoms with Gasteiger partial charge in [0.1, 0.15) is 0 Å². The van der Waals surface area contributed by atoms with Gasteiger partial charge < -0.3 is 15.2 Å². The van der Waals surface area contributed by atoms with Gasteiger partial charge >= 0.3 is 0 Å². The Bertz CT molecular complexity index is 236. The lowest BCUT2D eigenvalue weighted by atomic mass is 9.94. The van der Waals surface area contributed by atoms with Crippen molar-refractivity contribution in [3.8, 4) is 0 Å². The molecule has 2 aliphatic rings. The van der Waals surface area contributed by atoms with Crippen LogP contribution in [0.1, 0.15) is 52.4 Å². The highest BCUT2D eigenvalue weighted by molar-refractivity contribution is 4.88. The molecule has 2 rings (SSSR count). The highest BCUT2D eigenvalue weighted by Gasteiger charge is 2.32. The van der Waals surface area contributed by atoms with Crippen LogP contribution in [0.2, 0.25) is 0 Å². The lowest BCUT2D eigenvalue weighted by Gasteiger charge is -2.34. The summed E-state index contributed by atoms with van der Waals surface area (Å²) in [7, 11) is 0. The maximum atomic E-state index is 10.3. The molecule has 100 valence electrons. The van der Waals surface area contributed by atoms with Crippen LogP contribution in [0.4, 0.5) is 0 Å². The minimum atomic E-state index is -0.425. The Labute approximate surface area is 105 Å². The third kappa shape index (κ3) is 3.67. The molecule has 0 aromatic heterocycles. The summed E-state index contributed by atoms with van der Waals surface area (Å²) < 4.78 is 5.76. The molecular formula is C14H27NO2. The van der Waals surface area contributed by atoms with E-state index >= 15 is 0 Å². The van der Waals surface area contributed by atoms with Gasteiger partial charge in [0.2, 0.25) is 0 Å². The van der Waals surface area contributed by atoms with Gasteiger partial charge in [0.25, 0.3) is 0 Å². The van der Waals surface area contributed by atoms with E-state index in [1.807, 2.05) is 0 Å². The summed E-state index contributed by atoms with van der Waals surface area (Å²) in [6, 6.07) is 0.528. The Hall–Kier alpha value is -0.120. The van der Waals surface area contributed by atoms with Crippen molar-refractivity contribution in [3.63, 3.8) is 0 Å². The van der Waals surface area contributed by atoms with Gasteiger partial charge in [-0.2, -0.15) is 0 Å². The number of rotatable bonds is 4. The molecule has 0 amide bonds. The van der Waals surface area contributed by atoms with Gasteiger partial charge in [0, 0.05) is 19.2 Å². The second-order valence-corrected chi connectivity index (χ2v) is 6.19. The zero-order valence-corrected chi connectivity index (χ0v) is 11.2. The molecule has 0 spiro atoms. The van der Waals surface area contributed by atoms with E-state index < -0.39 is 5.60 Å². The summed E-state index contributed by atoms with van der Waals surface area (Å²) in [5.41, 5.74) is -0.425. The van der Waals surface area contributed by atoms with Crippen LogP contribution >= 0.6 is 0 Å². The number of ether oxygens (including phenoxy) is 1. The third-order valence-corrected chi connectivity index (χ3v) is 4.31. The third-order valence-electron chi connectivity index (χ3n) is 4.31. The van der Waals surface area contributed by atoms with Gasteiger partial charge in [-0.1, -0.05) is 26.7 Å². The van der Waals surface area contributed by atoms with E-state index in [0.717, 1.165) is 38.8 Å². The fourth-order valence-electron chi connectivity index (χ4n) is 3.02. The van der Waals surface area contributed by atoms with Crippen LogP contribution in [0.5, 0.6) is 0 Å². The van der Waals surface area contributed by atoms with Gasteiger partial charge in [-0.15, -0.1) is 0 Å². The largest absolute Gasteiger partial charge is 0.389 e. The van der Waals surface area contributed by atoms with Crippen LogP contribution in [-0.2, 0) is 4.74 Å². The van der Waals surface area contributed by atoms with Crippen LogP contribution in [-0.4, -0.2) is 36.0 Å². The predicted octanol–water partition coefficient (Wildman–Crippen LogP) is 2.08. The van der Waals surface area contributed by atoms with Gasteiger partial charge in [0.05, 0.1) is 11.7 Å². The first kappa shape index (κ1) is 13.3. The maximum Gasteiger partial charge on any atom is 0.0771 e. The zero-order valence-electron chi connectivity index (χ0n) is 11.2. The summed E-state index contributed by atoms with van der Waals surface area (Å²) in [6.07, 6.45) is 6.86. The smallest absolute Gasteiger partial charge is 0.0771 e. The number of nitrogens with one attached hydrogen (secondary N) is 1. The van der Waals surface area contributed by atoms with Gasteiger partial charge in [-0.3, -0.25) is 0 Å². The molecule has 17 heavy (non-hydrogen) atoms. The Morgan fingerprint density at radius 2 is 2.06 bits per heavy atom. The summed E-state index contributed by atoms with van der Waals surface area (Å²) in [6.45, 7) is 6.07. The van der Waals surface area contributed by atoms with Crippen molar-refractivity contribution in [1.29, 1.82) is 0 Å². The molecule has 0 aromatic carbocycles. The van der Waals surface area contributed by atoms with E-state index in [1.165, 1.54) is 12.8 Å². The molecule has 2 unspecified atom stereocenters. The molecule has 0 bridgehead atoms. The Morgan fingerprint density at radius 1 is 1.35 bits per heavy atom. The SMILES string of the molecule is CC(C)C1CC(NCC2(O)CCCC2)CCO1. The fourth-order valence-corrected chi connectivity index (χ4v) is 3.02. The van der Waals surface area contributed by atoms with Crippen molar-refractivity contribution in [3.05, 3.63) is 0 Å². The molecule has 3 nitrogen and oxygen atoms in total. The average Bonchev–Trinajstić information content (AvgIpc) is 2.75. The van der Waals surface area contributed by atoms with Crippen LogP contribution < -0.4 is 5.32 Å². The summed E-state index contributed by atoms with van der Waals surface area (Å²) in [4.78, 5) is 0. The molecule has 1 saturated heterocycles. The van der Waals surface area contributed by atoms with E-state index in [1.54, 1.807) is 0 Å². The van der Waals surface area contributed by atoms with E-state index in [9.17, 15) is 5.11 Å². The Morgan fingerprint density at radius 3 is 2.71 bits per heavy atom. The van der Waals surface area contributed by atoms with E-state index in [2.05, 4.69) is 19.2 Å². The number of hydrogen-bond acceptors (Lipinski definition) is 3. The topological polar surface area (TPSA) is 41.5 Å². The van der Waals surface area contributed by atoms with Crippen molar-refractivity contribution in [2.75, 3.05) is 13.2 Å². The summed E-state index contributed by atoms with van der Waals surface area (Å²) in [5, 5.41) is 13.9. The first-order valence-electron chi connectivity index (χ1n) is 7.16. The molecule has 2 atom stereocenters. The van der Waals surface area contributed by atoms with E-state index in [-0.39, 0.29) is 0 Å². The maximum absolute atomic E-state index is 10.3. The van der Waals surface area contributed by atoms with E-state index in [0.29, 0.717) is 18.1 Å². The zero-order chi connectivity index (χ0) is 12.3. The van der Waals surface area contributed by atoms with Gasteiger partial charge in [0.15, 0.2) is 0 Å². The lowest BCUT2D eigenvalue weighted by molar-refractivity contribution is -0.0298. The van der Waals surface area contributed by atoms with Crippen molar-refractivity contribution in [2.24, 2.45) is 5.92 Å². The molecule has 1 heterocycles.